The lowest BCUT2D eigenvalue weighted by atomic mass is 9.88. The van der Waals surface area contributed by atoms with Gasteiger partial charge in [0.15, 0.2) is 0 Å². The SMILES string of the molecule is CC(=O)NC(CC(=O)O)c1c(C)c(C)cc(C)c1C. The van der Waals surface area contributed by atoms with Gasteiger partial charge in [-0.1, -0.05) is 6.07 Å². The van der Waals surface area contributed by atoms with Gasteiger partial charge in [-0.25, -0.2) is 0 Å². The summed E-state index contributed by atoms with van der Waals surface area (Å²) in [6.07, 6.45) is -0.107. The third kappa shape index (κ3) is 3.56. The number of amides is 1. The molecule has 1 aromatic rings. The molecule has 1 amide bonds. The molecule has 4 heteroatoms. The van der Waals surface area contributed by atoms with Crippen LogP contribution in [0.2, 0.25) is 0 Å². The van der Waals surface area contributed by atoms with E-state index in [0.29, 0.717) is 0 Å². The lowest BCUT2D eigenvalue weighted by Gasteiger charge is -2.23. The highest BCUT2D eigenvalue weighted by atomic mass is 16.4. The third-order valence-corrected chi connectivity index (χ3v) is 3.53. The number of aliphatic carboxylic acids is 1. The van der Waals surface area contributed by atoms with Gasteiger partial charge in [-0.05, 0) is 55.5 Å². The fraction of sp³-hybridized carbons (Fsp3) is 0.467. The summed E-state index contributed by atoms with van der Waals surface area (Å²) in [6.45, 7) is 9.33. The van der Waals surface area contributed by atoms with Crippen molar-refractivity contribution in [3.8, 4) is 0 Å². The maximum Gasteiger partial charge on any atom is 0.305 e. The molecule has 2 N–H and O–H groups in total. The Morgan fingerprint density at radius 1 is 1.16 bits per heavy atom. The summed E-state index contributed by atoms with van der Waals surface area (Å²) < 4.78 is 0. The van der Waals surface area contributed by atoms with Crippen LogP contribution in [0.15, 0.2) is 6.07 Å². The predicted octanol–water partition coefficient (Wildman–Crippen LogP) is 2.57. The van der Waals surface area contributed by atoms with Gasteiger partial charge in [0.25, 0.3) is 0 Å². The first-order valence-electron chi connectivity index (χ1n) is 6.30. The highest BCUT2D eigenvalue weighted by Crippen LogP contribution is 2.29. The average Bonchev–Trinajstić information content (AvgIpc) is 2.25. The van der Waals surface area contributed by atoms with Crippen LogP contribution < -0.4 is 5.32 Å². The number of rotatable bonds is 4. The van der Waals surface area contributed by atoms with E-state index in [1.807, 2.05) is 27.7 Å². The van der Waals surface area contributed by atoms with Crippen LogP contribution in [0.3, 0.4) is 0 Å². The standard InChI is InChI=1S/C15H21NO3/c1-8-6-9(2)11(4)15(10(8)3)13(7-14(18)19)16-12(5)17/h6,13H,7H2,1-5H3,(H,16,17)(H,18,19). The monoisotopic (exact) mass is 263 g/mol. The Labute approximate surface area is 113 Å². The van der Waals surface area contributed by atoms with E-state index in [4.69, 9.17) is 5.11 Å². The molecule has 1 aromatic carbocycles. The molecular formula is C15H21NO3. The highest BCUT2D eigenvalue weighted by Gasteiger charge is 2.22. The Hall–Kier alpha value is -1.84. The van der Waals surface area contributed by atoms with Gasteiger partial charge in [-0.2, -0.15) is 0 Å². The molecule has 0 aliphatic heterocycles. The van der Waals surface area contributed by atoms with Crippen molar-refractivity contribution < 1.29 is 14.7 Å². The van der Waals surface area contributed by atoms with Crippen LogP contribution in [0.1, 0.15) is 47.2 Å². The van der Waals surface area contributed by atoms with Crippen molar-refractivity contribution in [1.82, 2.24) is 5.32 Å². The normalized spacial score (nSPS) is 12.1. The number of carboxylic acids is 1. The summed E-state index contributed by atoms with van der Waals surface area (Å²) in [5.41, 5.74) is 5.24. The van der Waals surface area contributed by atoms with Crippen LogP contribution >= 0.6 is 0 Å². The van der Waals surface area contributed by atoms with Crippen LogP contribution in [-0.2, 0) is 9.59 Å². The summed E-state index contributed by atoms with van der Waals surface area (Å²) in [6, 6.07) is 1.60. The molecule has 19 heavy (non-hydrogen) atoms. The van der Waals surface area contributed by atoms with Crippen LogP contribution in [0.5, 0.6) is 0 Å². The maximum absolute atomic E-state index is 11.3. The van der Waals surface area contributed by atoms with Crippen molar-refractivity contribution in [2.24, 2.45) is 0 Å². The van der Waals surface area contributed by atoms with E-state index < -0.39 is 12.0 Å². The summed E-state index contributed by atoms with van der Waals surface area (Å²) in [4.78, 5) is 22.3. The number of hydrogen-bond donors (Lipinski definition) is 2. The van der Waals surface area contributed by atoms with E-state index in [9.17, 15) is 9.59 Å². The van der Waals surface area contributed by atoms with E-state index in [-0.39, 0.29) is 12.3 Å². The van der Waals surface area contributed by atoms with E-state index >= 15 is 0 Å². The number of carbonyl (C=O) groups is 2. The first kappa shape index (κ1) is 15.2. The Morgan fingerprint density at radius 2 is 1.63 bits per heavy atom. The molecule has 1 unspecified atom stereocenters. The number of carboxylic acid groups (broad SMARTS) is 1. The fourth-order valence-corrected chi connectivity index (χ4v) is 2.42. The van der Waals surface area contributed by atoms with Crippen LogP contribution in [0.25, 0.3) is 0 Å². The van der Waals surface area contributed by atoms with Crippen LogP contribution in [0, 0.1) is 27.7 Å². The Bertz CT molecular complexity index is 478. The molecule has 0 bridgehead atoms. The molecule has 4 nitrogen and oxygen atoms in total. The minimum absolute atomic E-state index is 0.107. The van der Waals surface area contributed by atoms with Gasteiger partial charge in [0.05, 0.1) is 12.5 Å². The number of aryl methyl sites for hydroxylation is 2. The summed E-state index contributed by atoms with van der Waals surface area (Å²) >= 11 is 0. The van der Waals surface area contributed by atoms with E-state index in [1.54, 1.807) is 0 Å². The summed E-state index contributed by atoms with van der Waals surface area (Å²) in [5, 5.41) is 11.8. The van der Waals surface area contributed by atoms with Crippen molar-refractivity contribution in [1.29, 1.82) is 0 Å². The number of nitrogens with one attached hydrogen (secondary N) is 1. The molecule has 0 aromatic heterocycles. The lowest BCUT2D eigenvalue weighted by molar-refractivity contribution is -0.137. The molecule has 0 aliphatic rings. The molecule has 1 atom stereocenters. The van der Waals surface area contributed by atoms with E-state index in [1.165, 1.54) is 6.92 Å². The summed E-state index contributed by atoms with van der Waals surface area (Å²) in [5.74, 6) is -1.14. The zero-order valence-electron chi connectivity index (χ0n) is 12.1. The molecule has 0 saturated heterocycles. The third-order valence-electron chi connectivity index (χ3n) is 3.53. The molecule has 0 radical (unpaired) electrons. The molecule has 0 spiro atoms. The van der Waals surface area contributed by atoms with Gasteiger partial charge < -0.3 is 10.4 Å². The van der Waals surface area contributed by atoms with Crippen molar-refractivity contribution >= 4 is 11.9 Å². The second kappa shape index (κ2) is 5.87. The molecule has 0 fully saturated rings. The first-order chi connectivity index (χ1) is 8.73. The Kier molecular flexibility index (Phi) is 4.70. The quantitative estimate of drug-likeness (QED) is 0.877. The second-order valence-corrected chi connectivity index (χ2v) is 5.03. The molecule has 0 saturated carbocycles. The van der Waals surface area contributed by atoms with Crippen LogP contribution in [0.4, 0.5) is 0 Å². The first-order valence-corrected chi connectivity index (χ1v) is 6.30. The Morgan fingerprint density at radius 3 is 2.00 bits per heavy atom. The van der Waals surface area contributed by atoms with E-state index in [0.717, 1.165) is 27.8 Å². The molecule has 0 heterocycles. The Balaban J connectivity index is 3.36. The van der Waals surface area contributed by atoms with Crippen molar-refractivity contribution in [3.63, 3.8) is 0 Å². The minimum atomic E-state index is -0.920. The predicted molar refractivity (Wildman–Crippen MR) is 74.2 cm³/mol. The smallest absolute Gasteiger partial charge is 0.305 e. The van der Waals surface area contributed by atoms with Gasteiger partial charge in [0.2, 0.25) is 5.91 Å². The van der Waals surface area contributed by atoms with Gasteiger partial charge in [0, 0.05) is 6.92 Å². The average molecular weight is 263 g/mol. The molecule has 0 aliphatic carbocycles. The zero-order valence-corrected chi connectivity index (χ0v) is 12.1. The lowest BCUT2D eigenvalue weighted by Crippen LogP contribution is -2.29. The van der Waals surface area contributed by atoms with Gasteiger partial charge in [-0.15, -0.1) is 0 Å². The minimum Gasteiger partial charge on any atom is -0.481 e. The van der Waals surface area contributed by atoms with Gasteiger partial charge in [0.1, 0.15) is 0 Å². The summed E-state index contributed by atoms with van der Waals surface area (Å²) in [7, 11) is 0. The largest absolute Gasteiger partial charge is 0.481 e. The topological polar surface area (TPSA) is 66.4 Å². The van der Waals surface area contributed by atoms with Crippen molar-refractivity contribution in [2.75, 3.05) is 0 Å². The maximum atomic E-state index is 11.3. The number of hydrogen-bond acceptors (Lipinski definition) is 2. The molecule has 1 rings (SSSR count). The van der Waals surface area contributed by atoms with Crippen LogP contribution in [-0.4, -0.2) is 17.0 Å². The highest BCUT2D eigenvalue weighted by molar-refractivity contribution is 5.75. The fourth-order valence-electron chi connectivity index (χ4n) is 2.42. The zero-order chi connectivity index (χ0) is 14.7. The molecular weight excluding hydrogens is 242 g/mol. The van der Waals surface area contributed by atoms with Gasteiger partial charge >= 0.3 is 5.97 Å². The van der Waals surface area contributed by atoms with E-state index in [2.05, 4.69) is 11.4 Å². The van der Waals surface area contributed by atoms with Crippen molar-refractivity contribution in [2.45, 2.75) is 47.1 Å². The van der Waals surface area contributed by atoms with Crippen molar-refractivity contribution in [3.05, 3.63) is 33.9 Å². The second-order valence-electron chi connectivity index (χ2n) is 5.03. The number of benzene rings is 1. The molecule has 104 valence electrons. The number of carbonyl (C=O) groups excluding carboxylic acids is 1. The van der Waals surface area contributed by atoms with Gasteiger partial charge in [-0.3, -0.25) is 9.59 Å².